The van der Waals surface area contributed by atoms with Gasteiger partial charge in [-0.25, -0.2) is 0 Å². The number of hydrogen-bond acceptors (Lipinski definition) is 7. The molecule has 0 bridgehead atoms. The van der Waals surface area contributed by atoms with E-state index < -0.39 is 17.7 Å². The van der Waals surface area contributed by atoms with Crippen LogP contribution in [0.4, 0.5) is 5.69 Å². The van der Waals surface area contributed by atoms with Crippen molar-refractivity contribution in [3.05, 3.63) is 59.2 Å². The molecule has 0 saturated carbocycles. The van der Waals surface area contributed by atoms with Gasteiger partial charge in [0, 0.05) is 25.7 Å². The van der Waals surface area contributed by atoms with Crippen LogP contribution in [0.1, 0.15) is 17.2 Å². The van der Waals surface area contributed by atoms with Crippen LogP contribution in [-0.2, 0) is 9.59 Å². The molecule has 8 heteroatoms. The van der Waals surface area contributed by atoms with Crippen LogP contribution in [0.15, 0.2) is 48.0 Å². The molecule has 8 nitrogen and oxygen atoms in total. The molecule has 32 heavy (non-hydrogen) atoms. The summed E-state index contributed by atoms with van der Waals surface area (Å²) < 4.78 is 5.67. The number of likely N-dealkylation sites (N-methyl/N-ethyl adjacent to an activating group) is 2. The molecule has 0 radical (unpaired) electrons. The van der Waals surface area contributed by atoms with E-state index in [4.69, 9.17) is 4.74 Å². The number of phenolic OH excluding ortho intramolecular Hbond substituents is 1. The van der Waals surface area contributed by atoms with Crippen LogP contribution in [0.3, 0.4) is 0 Å². The molecule has 1 unspecified atom stereocenters. The molecule has 1 amide bonds. The Hall–Kier alpha value is -3.52. The largest absolute Gasteiger partial charge is 0.508 e. The SMILES string of the molecule is CN(C)CCN1C(=O)C(=O)/C(=C(\O)c2ccc3c(c2)N(C)CCO3)C1c1ccc(O)cc1. The normalized spacial score (nSPS) is 19.9. The summed E-state index contributed by atoms with van der Waals surface area (Å²) in [6, 6.07) is 10.8. The van der Waals surface area contributed by atoms with Gasteiger partial charge in [0.1, 0.15) is 23.9 Å². The number of ketones is 1. The number of hydrogen-bond donors (Lipinski definition) is 2. The van der Waals surface area contributed by atoms with Crippen LogP contribution in [0, 0.1) is 0 Å². The zero-order valence-electron chi connectivity index (χ0n) is 18.4. The van der Waals surface area contributed by atoms with E-state index in [9.17, 15) is 19.8 Å². The van der Waals surface area contributed by atoms with E-state index in [1.807, 2.05) is 30.9 Å². The van der Waals surface area contributed by atoms with E-state index in [0.717, 1.165) is 5.69 Å². The van der Waals surface area contributed by atoms with Crippen molar-refractivity contribution in [2.24, 2.45) is 0 Å². The molecular formula is C24H27N3O5. The van der Waals surface area contributed by atoms with Gasteiger partial charge in [0.2, 0.25) is 0 Å². The molecule has 2 heterocycles. The Morgan fingerprint density at radius 3 is 2.56 bits per heavy atom. The molecule has 2 aliphatic heterocycles. The molecule has 1 fully saturated rings. The van der Waals surface area contributed by atoms with Gasteiger partial charge in [-0.15, -0.1) is 0 Å². The van der Waals surface area contributed by atoms with Crippen LogP contribution < -0.4 is 9.64 Å². The molecule has 0 spiro atoms. The zero-order valence-corrected chi connectivity index (χ0v) is 18.4. The second kappa shape index (κ2) is 8.55. The topological polar surface area (TPSA) is 93.6 Å². The van der Waals surface area contributed by atoms with Gasteiger partial charge in [-0.2, -0.15) is 0 Å². The minimum atomic E-state index is -0.749. The number of aliphatic hydroxyl groups excluding tert-OH is 1. The van der Waals surface area contributed by atoms with Crippen molar-refractivity contribution in [3.8, 4) is 11.5 Å². The van der Waals surface area contributed by atoms with Crippen LogP contribution in [0.5, 0.6) is 11.5 Å². The van der Waals surface area contributed by atoms with Crippen molar-refractivity contribution in [2.75, 3.05) is 52.3 Å². The number of rotatable bonds is 5. The van der Waals surface area contributed by atoms with Crippen molar-refractivity contribution in [3.63, 3.8) is 0 Å². The smallest absolute Gasteiger partial charge is 0.295 e. The fraction of sp³-hybridized carbons (Fsp3) is 0.333. The first-order valence-electron chi connectivity index (χ1n) is 10.5. The fourth-order valence-corrected chi connectivity index (χ4v) is 4.08. The van der Waals surface area contributed by atoms with Crippen molar-refractivity contribution in [1.29, 1.82) is 0 Å². The summed E-state index contributed by atoms with van der Waals surface area (Å²) in [6.07, 6.45) is 0. The summed E-state index contributed by atoms with van der Waals surface area (Å²) in [6.45, 7) is 2.16. The van der Waals surface area contributed by atoms with Crippen molar-refractivity contribution in [2.45, 2.75) is 6.04 Å². The van der Waals surface area contributed by atoms with Crippen molar-refractivity contribution >= 4 is 23.1 Å². The number of aromatic hydroxyl groups is 1. The van der Waals surface area contributed by atoms with E-state index in [2.05, 4.69) is 0 Å². The number of carbonyl (C=O) groups excluding carboxylic acids is 2. The Labute approximate surface area is 186 Å². The number of fused-ring (bicyclic) bond motifs is 1. The summed E-state index contributed by atoms with van der Waals surface area (Å²) in [4.78, 5) is 31.4. The van der Waals surface area contributed by atoms with Crippen molar-refractivity contribution in [1.82, 2.24) is 9.80 Å². The molecule has 1 saturated heterocycles. The van der Waals surface area contributed by atoms with Gasteiger partial charge in [0.25, 0.3) is 11.7 Å². The van der Waals surface area contributed by atoms with Gasteiger partial charge in [-0.3, -0.25) is 9.59 Å². The lowest BCUT2D eigenvalue weighted by Gasteiger charge is -2.28. The molecule has 2 N–H and O–H groups in total. The zero-order chi connectivity index (χ0) is 23.0. The highest BCUT2D eigenvalue weighted by Crippen LogP contribution is 2.41. The highest BCUT2D eigenvalue weighted by molar-refractivity contribution is 6.46. The molecule has 0 aromatic heterocycles. The first-order chi connectivity index (χ1) is 15.3. The lowest BCUT2D eigenvalue weighted by molar-refractivity contribution is -0.140. The number of anilines is 1. The summed E-state index contributed by atoms with van der Waals surface area (Å²) in [5.74, 6) is -0.810. The van der Waals surface area contributed by atoms with Crippen molar-refractivity contribution < 1.29 is 24.5 Å². The first-order valence-corrected chi connectivity index (χ1v) is 10.5. The summed E-state index contributed by atoms with van der Waals surface area (Å²) in [7, 11) is 5.71. The van der Waals surface area contributed by atoms with Crippen LogP contribution in [0.2, 0.25) is 0 Å². The molecule has 4 rings (SSSR count). The lowest BCUT2D eigenvalue weighted by Crippen LogP contribution is -2.35. The number of aliphatic hydroxyl groups is 1. The predicted molar refractivity (Wildman–Crippen MR) is 121 cm³/mol. The van der Waals surface area contributed by atoms with E-state index in [0.29, 0.717) is 43.1 Å². The Bertz CT molecular complexity index is 1080. The summed E-state index contributed by atoms with van der Waals surface area (Å²) in [5, 5.41) is 20.9. The maximum atomic E-state index is 13.1. The van der Waals surface area contributed by atoms with Gasteiger partial charge in [0.15, 0.2) is 0 Å². The number of phenols is 1. The van der Waals surface area contributed by atoms with E-state index >= 15 is 0 Å². The number of carbonyl (C=O) groups is 2. The van der Waals surface area contributed by atoms with E-state index in [1.54, 1.807) is 30.3 Å². The summed E-state index contributed by atoms with van der Waals surface area (Å²) >= 11 is 0. The van der Waals surface area contributed by atoms with Gasteiger partial charge < -0.3 is 29.6 Å². The third kappa shape index (κ3) is 3.89. The van der Waals surface area contributed by atoms with Gasteiger partial charge in [0.05, 0.1) is 23.8 Å². The maximum absolute atomic E-state index is 13.1. The number of ether oxygens (including phenoxy) is 1. The number of nitrogens with zero attached hydrogens (tertiary/aromatic N) is 3. The standard InChI is InChI=1S/C24H27N3O5/c1-25(2)10-11-27-21(15-4-7-17(28)8-5-15)20(23(30)24(27)31)22(29)16-6-9-19-18(14-16)26(3)12-13-32-19/h4-9,14,21,28-29H,10-13H2,1-3H3/b22-20-. The fourth-order valence-electron chi connectivity index (χ4n) is 4.08. The van der Waals surface area contributed by atoms with Gasteiger partial charge in [-0.05, 0) is 50.0 Å². The molecule has 2 aliphatic rings. The van der Waals surface area contributed by atoms with E-state index in [-0.39, 0.29) is 17.1 Å². The molecule has 1 atom stereocenters. The quantitative estimate of drug-likeness (QED) is 0.421. The lowest BCUT2D eigenvalue weighted by atomic mass is 9.95. The Morgan fingerprint density at radius 2 is 1.88 bits per heavy atom. The summed E-state index contributed by atoms with van der Waals surface area (Å²) in [5.41, 5.74) is 1.93. The molecule has 2 aromatic carbocycles. The number of likely N-dealkylation sites (tertiary alicyclic amines) is 1. The van der Waals surface area contributed by atoms with Crippen LogP contribution in [-0.4, -0.2) is 79.1 Å². The second-order valence-electron chi connectivity index (χ2n) is 8.34. The monoisotopic (exact) mass is 437 g/mol. The predicted octanol–water partition coefficient (Wildman–Crippen LogP) is 2.20. The Kier molecular flexibility index (Phi) is 5.80. The highest BCUT2D eigenvalue weighted by atomic mass is 16.5. The minimum Gasteiger partial charge on any atom is -0.508 e. The molecular weight excluding hydrogens is 410 g/mol. The van der Waals surface area contributed by atoms with E-state index in [1.165, 1.54) is 17.0 Å². The third-order valence-corrected chi connectivity index (χ3v) is 5.86. The number of Topliss-reactive ketones (excluding diaryl/α,β-unsaturated/α-hetero) is 1. The van der Waals surface area contributed by atoms with Gasteiger partial charge >= 0.3 is 0 Å². The molecule has 0 aliphatic carbocycles. The second-order valence-corrected chi connectivity index (χ2v) is 8.34. The Balaban J connectivity index is 1.83. The minimum absolute atomic E-state index is 0.0405. The Morgan fingerprint density at radius 1 is 1.16 bits per heavy atom. The van der Waals surface area contributed by atoms with Crippen LogP contribution in [0.25, 0.3) is 5.76 Å². The van der Waals surface area contributed by atoms with Crippen LogP contribution >= 0.6 is 0 Å². The van der Waals surface area contributed by atoms with Gasteiger partial charge in [-0.1, -0.05) is 12.1 Å². The average molecular weight is 437 g/mol. The highest BCUT2D eigenvalue weighted by Gasteiger charge is 2.46. The molecule has 168 valence electrons. The first kappa shape index (κ1) is 21.7. The maximum Gasteiger partial charge on any atom is 0.295 e. The molecule has 2 aromatic rings. The number of benzene rings is 2. The average Bonchev–Trinajstić information content (AvgIpc) is 3.02. The number of amides is 1. The third-order valence-electron chi connectivity index (χ3n) is 5.86.